The van der Waals surface area contributed by atoms with E-state index in [-0.39, 0.29) is 18.2 Å². The second-order valence-corrected chi connectivity index (χ2v) is 8.04. The number of carbonyl (C=O) groups is 2. The van der Waals surface area contributed by atoms with E-state index in [1.165, 1.54) is 4.90 Å². The fourth-order valence-corrected chi connectivity index (χ4v) is 4.28. The summed E-state index contributed by atoms with van der Waals surface area (Å²) in [6, 6.07) is 14.6. The Kier molecular flexibility index (Phi) is 6.25. The summed E-state index contributed by atoms with van der Waals surface area (Å²) in [5.74, 6) is 0.242. The molecular weight excluding hydrogens is 402 g/mol. The summed E-state index contributed by atoms with van der Waals surface area (Å²) < 4.78 is 5.77. The van der Waals surface area contributed by atoms with Gasteiger partial charge in [0.1, 0.15) is 5.75 Å². The zero-order valence-electron chi connectivity index (χ0n) is 17.1. The molecule has 0 aromatic heterocycles. The number of halogens is 1. The van der Waals surface area contributed by atoms with Crippen molar-refractivity contribution in [1.82, 2.24) is 4.90 Å². The third-order valence-corrected chi connectivity index (χ3v) is 5.85. The summed E-state index contributed by atoms with van der Waals surface area (Å²) in [5, 5.41) is 0.714. The second kappa shape index (κ2) is 9.06. The summed E-state index contributed by atoms with van der Waals surface area (Å²) >= 11 is 6.12. The van der Waals surface area contributed by atoms with Gasteiger partial charge in [0.15, 0.2) is 0 Å². The van der Waals surface area contributed by atoms with Crippen LogP contribution in [0.5, 0.6) is 5.75 Å². The summed E-state index contributed by atoms with van der Waals surface area (Å²) in [5.41, 5.74) is 1.63. The van der Waals surface area contributed by atoms with Gasteiger partial charge >= 0.3 is 0 Å². The molecule has 2 aliphatic heterocycles. The second-order valence-electron chi connectivity index (χ2n) is 7.61. The van der Waals surface area contributed by atoms with E-state index in [9.17, 15) is 9.59 Å². The number of benzene rings is 2. The van der Waals surface area contributed by atoms with Crippen molar-refractivity contribution in [3.05, 3.63) is 53.6 Å². The maximum Gasteiger partial charge on any atom is 0.251 e. The summed E-state index contributed by atoms with van der Waals surface area (Å²) in [6.45, 7) is 5.58. The van der Waals surface area contributed by atoms with Crippen LogP contribution >= 0.6 is 11.6 Å². The molecule has 0 saturated carbocycles. The van der Waals surface area contributed by atoms with Gasteiger partial charge < -0.3 is 9.64 Å². The first-order valence-electron chi connectivity index (χ1n) is 10.4. The minimum absolute atomic E-state index is 0.163. The van der Waals surface area contributed by atoms with Gasteiger partial charge in [0.25, 0.3) is 5.91 Å². The lowest BCUT2D eigenvalue weighted by Crippen LogP contribution is -2.52. The SMILES string of the molecule is CCCOc1ccccc1N1C(=O)C[C@H](N2CCN(c3cccc(Cl)c3)CC2)C1=O. The first-order chi connectivity index (χ1) is 14.6. The van der Waals surface area contributed by atoms with E-state index in [0.29, 0.717) is 23.1 Å². The van der Waals surface area contributed by atoms with Crippen LogP contribution in [0.2, 0.25) is 5.02 Å². The van der Waals surface area contributed by atoms with E-state index in [1.54, 1.807) is 6.07 Å². The van der Waals surface area contributed by atoms with Gasteiger partial charge in [0.05, 0.1) is 24.8 Å². The van der Waals surface area contributed by atoms with Gasteiger partial charge in [-0.1, -0.05) is 36.7 Å². The van der Waals surface area contributed by atoms with Crippen LogP contribution in [0.3, 0.4) is 0 Å². The number of rotatable bonds is 6. The molecule has 158 valence electrons. The Morgan fingerprint density at radius 3 is 2.53 bits per heavy atom. The number of ether oxygens (including phenoxy) is 1. The van der Waals surface area contributed by atoms with Crippen molar-refractivity contribution in [3.63, 3.8) is 0 Å². The first kappa shape index (κ1) is 20.7. The Bertz CT molecular complexity index is 927. The first-order valence-corrected chi connectivity index (χ1v) is 10.8. The number of imide groups is 1. The summed E-state index contributed by atoms with van der Waals surface area (Å²) in [7, 11) is 0. The van der Waals surface area contributed by atoms with Gasteiger partial charge in [0, 0.05) is 36.9 Å². The van der Waals surface area contributed by atoms with Crippen LogP contribution in [-0.2, 0) is 9.59 Å². The van der Waals surface area contributed by atoms with Crippen molar-refractivity contribution in [2.45, 2.75) is 25.8 Å². The van der Waals surface area contributed by atoms with Crippen LogP contribution in [0, 0.1) is 0 Å². The molecule has 1 atom stereocenters. The van der Waals surface area contributed by atoms with E-state index in [4.69, 9.17) is 16.3 Å². The molecule has 0 spiro atoms. The molecule has 4 rings (SSSR count). The van der Waals surface area contributed by atoms with Gasteiger partial charge in [-0.2, -0.15) is 0 Å². The molecule has 2 saturated heterocycles. The fraction of sp³-hybridized carbons (Fsp3) is 0.391. The maximum atomic E-state index is 13.2. The van der Waals surface area contributed by atoms with Crippen LogP contribution in [0.25, 0.3) is 0 Å². The van der Waals surface area contributed by atoms with Gasteiger partial charge in [-0.15, -0.1) is 0 Å². The van der Waals surface area contributed by atoms with E-state index in [0.717, 1.165) is 38.3 Å². The number of para-hydroxylation sites is 2. The number of hydrogen-bond acceptors (Lipinski definition) is 5. The van der Waals surface area contributed by atoms with Gasteiger partial charge in [-0.3, -0.25) is 14.5 Å². The van der Waals surface area contributed by atoms with E-state index < -0.39 is 6.04 Å². The molecule has 0 N–H and O–H groups in total. The predicted molar refractivity (Wildman–Crippen MR) is 118 cm³/mol. The topological polar surface area (TPSA) is 53.1 Å². The average molecular weight is 428 g/mol. The number of amides is 2. The molecule has 2 aromatic carbocycles. The molecule has 2 heterocycles. The van der Waals surface area contributed by atoms with Gasteiger partial charge in [-0.05, 0) is 36.8 Å². The maximum absolute atomic E-state index is 13.2. The third-order valence-electron chi connectivity index (χ3n) is 5.62. The molecule has 2 aliphatic rings. The third kappa shape index (κ3) is 4.16. The Hall–Kier alpha value is -2.57. The Morgan fingerprint density at radius 1 is 1.03 bits per heavy atom. The van der Waals surface area contributed by atoms with Crippen molar-refractivity contribution in [1.29, 1.82) is 0 Å². The van der Waals surface area contributed by atoms with E-state index in [1.807, 2.05) is 49.4 Å². The van der Waals surface area contributed by atoms with Crippen molar-refractivity contribution in [2.75, 3.05) is 42.6 Å². The zero-order valence-corrected chi connectivity index (χ0v) is 17.8. The minimum atomic E-state index is -0.418. The van der Waals surface area contributed by atoms with Crippen LogP contribution in [-0.4, -0.2) is 55.5 Å². The highest BCUT2D eigenvalue weighted by Crippen LogP contribution is 2.34. The van der Waals surface area contributed by atoms with Crippen molar-refractivity contribution < 1.29 is 14.3 Å². The highest BCUT2D eigenvalue weighted by atomic mass is 35.5. The number of carbonyl (C=O) groups excluding carboxylic acids is 2. The lowest BCUT2D eigenvalue weighted by molar-refractivity contribution is -0.123. The molecule has 2 aromatic rings. The van der Waals surface area contributed by atoms with Crippen LogP contribution in [0.15, 0.2) is 48.5 Å². The smallest absolute Gasteiger partial charge is 0.251 e. The van der Waals surface area contributed by atoms with Crippen molar-refractivity contribution >= 4 is 34.8 Å². The van der Waals surface area contributed by atoms with Gasteiger partial charge in [-0.25, -0.2) is 4.90 Å². The monoisotopic (exact) mass is 427 g/mol. The van der Waals surface area contributed by atoms with Crippen LogP contribution < -0.4 is 14.5 Å². The van der Waals surface area contributed by atoms with Crippen molar-refractivity contribution in [2.24, 2.45) is 0 Å². The number of nitrogens with zero attached hydrogens (tertiary/aromatic N) is 3. The molecule has 0 bridgehead atoms. The van der Waals surface area contributed by atoms with Gasteiger partial charge in [0.2, 0.25) is 5.91 Å². The number of hydrogen-bond donors (Lipinski definition) is 0. The Morgan fingerprint density at radius 2 is 1.80 bits per heavy atom. The highest BCUT2D eigenvalue weighted by molar-refractivity contribution is 6.30. The standard InChI is InChI=1S/C23H26ClN3O3/c1-2-14-30-21-9-4-3-8-19(21)27-22(28)16-20(23(27)29)26-12-10-25(11-13-26)18-7-5-6-17(24)15-18/h3-9,15,20H,2,10-14,16H2,1H3/t20-/m0/s1. The fourth-order valence-electron chi connectivity index (χ4n) is 4.09. The Balaban J connectivity index is 1.45. The highest BCUT2D eigenvalue weighted by Gasteiger charge is 2.44. The van der Waals surface area contributed by atoms with Crippen molar-refractivity contribution in [3.8, 4) is 5.75 Å². The van der Waals surface area contributed by atoms with E-state index in [2.05, 4.69) is 9.80 Å². The molecule has 7 heteroatoms. The van der Waals surface area contributed by atoms with Crippen LogP contribution in [0.4, 0.5) is 11.4 Å². The molecular formula is C23H26ClN3O3. The average Bonchev–Trinajstić information content (AvgIpc) is 3.06. The molecule has 2 fully saturated rings. The predicted octanol–water partition coefficient (Wildman–Crippen LogP) is 3.58. The molecule has 2 amide bonds. The zero-order chi connectivity index (χ0) is 21.1. The quantitative estimate of drug-likeness (QED) is 0.659. The summed E-state index contributed by atoms with van der Waals surface area (Å²) in [6.07, 6.45) is 1.06. The van der Waals surface area contributed by atoms with E-state index >= 15 is 0 Å². The number of anilines is 2. The largest absolute Gasteiger partial charge is 0.491 e. The minimum Gasteiger partial charge on any atom is -0.491 e. The molecule has 30 heavy (non-hydrogen) atoms. The molecule has 0 unspecified atom stereocenters. The lowest BCUT2D eigenvalue weighted by Gasteiger charge is -2.38. The number of piperazine rings is 1. The summed E-state index contributed by atoms with van der Waals surface area (Å²) in [4.78, 5) is 31.7. The van der Waals surface area contributed by atoms with Crippen LogP contribution in [0.1, 0.15) is 19.8 Å². The normalized spacial score (nSPS) is 20.1. The molecule has 0 radical (unpaired) electrons. The Labute approximate surface area is 182 Å². The molecule has 0 aliphatic carbocycles. The lowest BCUT2D eigenvalue weighted by atomic mass is 10.1. The molecule has 6 nitrogen and oxygen atoms in total.